The molecule has 1 N–H and O–H groups in total. The van der Waals surface area contributed by atoms with E-state index in [4.69, 9.17) is 0 Å². The Labute approximate surface area is 122 Å². The van der Waals surface area contributed by atoms with Crippen molar-refractivity contribution in [1.82, 2.24) is 0 Å². The predicted molar refractivity (Wildman–Crippen MR) is 77.7 cm³/mol. The van der Waals surface area contributed by atoms with E-state index in [0.717, 1.165) is 14.3 Å². The smallest absolute Gasteiger partial charge is 0.296 e. The van der Waals surface area contributed by atoms with E-state index in [0.29, 0.717) is 11.3 Å². The van der Waals surface area contributed by atoms with Crippen molar-refractivity contribution in [2.24, 2.45) is 0 Å². The first-order valence-electron chi connectivity index (χ1n) is 5.57. The summed E-state index contributed by atoms with van der Waals surface area (Å²) in [7, 11) is 0. The van der Waals surface area contributed by atoms with Gasteiger partial charge in [0, 0.05) is 14.3 Å². The largest absolute Gasteiger partial charge is 0.318 e. The molecule has 0 aliphatic carbocycles. The fourth-order valence-corrected chi connectivity index (χ4v) is 3.25. The first kappa shape index (κ1) is 12.4. The number of ketones is 1. The maximum atomic E-state index is 11.5. The molecule has 0 saturated heterocycles. The average Bonchev–Trinajstić information content (AvgIpc) is 2.68. The van der Waals surface area contributed by atoms with Gasteiger partial charge in [-0.25, -0.2) is 0 Å². The third-order valence-electron chi connectivity index (χ3n) is 2.75. The summed E-state index contributed by atoms with van der Waals surface area (Å²) in [6, 6.07) is 13.3. The van der Waals surface area contributed by atoms with Crippen LogP contribution in [0.5, 0.6) is 0 Å². The number of carbonyl (C=O) groups excluding carboxylic acids is 2. The summed E-state index contributed by atoms with van der Waals surface area (Å²) in [5, 5.41) is 2.57. The highest BCUT2D eigenvalue weighted by molar-refractivity contribution is 9.10. The SMILES string of the molecule is O=C1Nc2cc(Sc3ccccc3Br)ccc2C1=O. The summed E-state index contributed by atoms with van der Waals surface area (Å²) in [5.74, 6) is -1.02. The predicted octanol–water partition coefficient (Wildman–Crippen LogP) is 3.74. The Morgan fingerprint density at radius 3 is 2.63 bits per heavy atom. The van der Waals surface area contributed by atoms with E-state index in [1.165, 1.54) is 0 Å². The lowest BCUT2D eigenvalue weighted by atomic mass is 10.1. The Morgan fingerprint density at radius 2 is 1.84 bits per heavy atom. The van der Waals surface area contributed by atoms with Crippen LogP contribution in [0.1, 0.15) is 10.4 Å². The number of benzene rings is 2. The molecule has 3 nitrogen and oxygen atoms in total. The van der Waals surface area contributed by atoms with Crippen LogP contribution in [-0.4, -0.2) is 11.7 Å². The second-order valence-electron chi connectivity index (χ2n) is 4.02. The minimum Gasteiger partial charge on any atom is -0.318 e. The zero-order valence-electron chi connectivity index (χ0n) is 9.64. The first-order valence-corrected chi connectivity index (χ1v) is 7.18. The van der Waals surface area contributed by atoms with Crippen molar-refractivity contribution in [3.63, 3.8) is 0 Å². The van der Waals surface area contributed by atoms with Crippen molar-refractivity contribution in [2.75, 3.05) is 5.32 Å². The quantitative estimate of drug-likeness (QED) is 0.851. The van der Waals surface area contributed by atoms with Crippen molar-refractivity contribution in [3.05, 3.63) is 52.5 Å². The maximum Gasteiger partial charge on any atom is 0.296 e. The number of amides is 1. The number of hydrogen-bond acceptors (Lipinski definition) is 3. The van der Waals surface area contributed by atoms with Crippen LogP contribution in [0.4, 0.5) is 5.69 Å². The summed E-state index contributed by atoms with van der Waals surface area (Å²) in [6.07, 6.45) is 0. The zero-order chi connectivity index (χ0) is 13.4. The molecular formula is C14H8BrNO2S. The third-order valence-corrected chi connectivity index (χ3v) is 4.77. The minimum atomic E-state index is -0.557. The molecule has 1 heterocycles. The monoisotopic (exact) mass is 333 g/mol. The third kappa shape index (κ3) is 2.31. The number of carbonyl (C=O) groups is 2. The number of fused-ring (bicyclic) bond motifs is 1. The number of anilines is 1. The molecule has 19 heavy (non-hydrogen) atoms. The highest BCUT2D eigenvalue weighted by atomic mass is 79.9. The van der Waals surface area contributed by atoms with Gasteiger partial charge in [-0.3, -0.25) is 9.59 Å². The molecule has 5 heteroatoms. The van der Waals surface area contributed by atoms with Gasteiger partial charge in [-0.2, -0.15) is 0 Å². The number of halogens is 1. The summed E-state index contributed by atoms with van der Waals surface area (Å²) >= 11 is 5.06. The van der Waals surface area contributed by atoms with Gasteiger partial charge in [-0.05, 0) is 46.3 Å². The van der Waals surface area contributed by atoms with Crippen LogP contribution in [0.2, 0.25) is 0 Å². The van der Waals surface area contributed by atoms with Gasteiger partial charge in [0.2, 0.25) is 0 Å². The topological polar surface area (TPSA) is 46.2 Å². The normalized spacial score (nSPS) is 13.3. The molecule has 3 rings (SSSR count). The molecule has 0 bridgehead atoms. The summed E-state index contributed by atoms with van der Waals surface area (Å²) in [5.41, 5.74) is 1.04. The van der Waals surface area contributed by atoms with Gasteiger partial charge >= 0.3 is 0 Å². The Kier molecular flexibility index (Phi) is 3.16. The van der Waals surface area contributed by atoms with Gasteiger partial charge < -0.3 is 5.32 Å². The standard InChI is InChI=1S/C14H8BrNO2S/c15-10-3-1-2-4-12(10)19-8-5-6-9-11(7-8)16-14(18)13(9)17/h1-7H,(H,16,17,18). The van der Waals surface area contributed by atoms with E-state index in [1.54, 1.807) is 17.8 Å². The Balaban J connectivity index is 1.93. The lowest BCUT2D eigenvalue weighted by Gasteiger charge is -2.05. The van der Waals surface area contributed by atoms with Crippen LogP contribution < -0.4 is 5.32 Å². The molecule has 0 atom stereocenters. The average molecular weight is 334 g/mol. The fraction of sp³-hybridized carbons (Fsp3) is 0. The molecule has 1 aliphatic heterocycles. The number of hydrogen-bond donors (Lipinski definition) is 1. The number of rotatable bonds is 2. The second-order valence-corrected chi connectivity index (χ2v) is 5.99. The van der Waals surface area contributed by atoms with E-state index in [-0.39, 0.29) is 0 Å². The molecule has 0 unspecified atom stereocenters. The molecule has 2 aromatic rings. The fourth-order valence-electron chi connectivity index (χ4n) is 1.84. The van der Waals surface area contributed by atoms with Crippen molar-refractivity contribution >= 4 is 45.1 Å². The van der Waals surface area contributed by atoms with Gasteiger partial charge in [0.1, 0.15) is 0 Å². The summed E-state index contributed by atoms with van der Waals surface area (Å²) < 4.78 is 1.01. The number of Topliss-reactive ketones (excluding diaryl/α,β-unsaturated/α-hetero) is 1. The highest BCUT2D eigenvalue weighted by Crippen LogP contribution is 2.36. The molecule has 0 aromatic heterocycles. The Morgan fingerprint density at radius 1 is 1.05 bits per heavy atom. The van der Waals surface area contributed by atoms with Gasteiger partial charge in [-0.1, -0.05) is 23.9 Å². The van der Waals surface area contributed by atoms with E-state index in [1.807, 2.05) is 36.4 Å². The lowest BCUT2D eigenvalue weighted by Crippen LogP contribution is -2.12. The van der Waals surface area contributed by atoms with Gasteiger partial charge in [-0.15, -0.1) is 0 Å². The molecule has 0 spiro atoms. The molecule has 1 amide bonds. The van der Waals surface area contributed by atoms with Crippen molar-refractivity contribution in [2.45, 2.75) is 9.79 Å². The minimum absolute atomic E-state index is 0.446. The van der Waals surface area contributed by atoms with Crippen molar-refractivity contribution < 1.29 is 9.59 Å². The van der Waals surface area contributed by atoms with Crippen LogP contribution in [0.15, 0.2) is 56.7 Å². The van der Waals surface area contributed by atoms with Gasteiger partial charge in [0.05, 0.1) is 11.3 Å². The van der Waals surface area contributed by atoms with Crippen molar-refractivity contribution in [3.8, 4) is 0 Å². The van der Waals surface area contributed by atoms with E-state index < -0.39 is 11.7 Å². The Hall–Kier alpha value is -1.59. The lowest BCUT2D eigenvalue weighted by molar-refractivity contribution is -0.112. The summed E-state index contributed by atoms with van der Waals surface area (Å²) in [4.78, 5) is 24.8. The Bertz CT molecular complexity index is 700. The van der Waals surface area contributed by atoms with E-state index >= 15 is 0 Å². The van der Waals surface area contributed by atoms with Crippen LogP contribution in [0.3, 0.4) is 0 Å². The van der Waals surface area contributed by atoms with Crippen LogP contribution in [0, 0.1) is 0 Å². The highest BCUT2D eigenvalue weighted by Gasteiger charge is 2.27. The molecule has 2 aromatic carbocycles. The molecule has 0 saturated carbocycles. The van der Waals surface area contributed by atoms with Crippen LogP contribution in [0.25, 0.3) is 0 Å². The van der Waals surface area contributed by atoms with Gasteiger partial charge in [0.15, 0.2) is 0 Å². The van der Waals surface area contributed by atoms with E-state index in [9.17, 15) is 9.59 Å². The number of nitrogens with one attached hydrogen (secondary N) is 1. The molecule has 94 valence electrons. The second kappa shape index (κ2) is 4.83. The molecule has 0 radical (unpaired) electrons. The van der Waals surface area contributed by atoms with Gasteiger partial charge in [0.25, 0.3) is 11.7 Å². The molecule has 0 fully saturated rings. The van der Waals surface area contributed by atoms with Crippen LogP contribution >= 0.6 is 27.7 Å². The van der Waals surface area contributed by atoms with Crippen LogP contribution in [-0.2, 0) is 4.79 Å². The molecule has 1 aliphatic rings. The first-order chi connectivity index (χ1) is 9.15. The summed E-state index contributed by atoms with van der Waals surface area (Å²) in [6.45, 7) is 0. The molecular weight excluding hydrogens is 326 g/mol. The maximum absolute atomic E-state index is 11.5. The zero-order valence-corrected chi connectivity index (χ0v) is 12.0. The van der Waals surface area contributed by atoms with Crippen molar-refractivity contribution in [1.29, 1.82) is 0 Å². The van der Waals surface area contributed by atoms with E-state index in [2.05, 4.69) is 21.2 Å².